The third-order valence-electron chi connectivity index (χ3n) is 4.61. The number of carboxylic acids is 1. The van der Waals surface area contributed by atoms with Crippen molar-refractivity contribution in [1.82, 2.24) is 5.32 Å². The van der Waals surface area contributed by atoms with Crippen LogP contribution in [0.1, 0.15) is 58.3 Å². The maximum Gasteiger partial charge on any atom is 0.329 e. The molecule has 0 saturated heterocycles. The molecule has 2 N–H and O–H groups in total. The van der Waals surface area contributed by atoms with E-state index in [1.165, 1.54) is 6.42 Å². The van der Waals surface area contributed by atoms with Gasteiger partial charge in [-0.3, -0.25) is 4.79 Å². The van der Waals surface area contributed by atoms with Gasteiger partial charge in [-0.1, -0.05) is 13.3 Å². The molecular weight excluding hydrogens is 230 g/mol. The van der Waals surface area contributed by atoms with Crippen LogP contribution in [-0.2, 0) is 9.59 Å². The van der Waals surface area contributed by atoms with E-state index in [9.17, 15) is 14.7 Å². The van der Waals surface area contributed by atoms with Crippen molar-refractivity contribution in [3.8, 4) is 0 Å². The van der Waals surface area contributed by atoms with Gasteiger partial charge < -0.3 is 10.4 Å². The van der Waals surface area contributed by atoms with Gasteiger partial charge in [-0.05, 0) is 50.4 Å². The molecule has 0 aromatic heterocycles. The molecule has 0 heterocycles. The molecule has 0 unspecified atom stereocenters. The maximum atomic E-state index is 11.9. The summed E-state index contributed by atoms with van der Waals surface area (Å²) in [6.45, 7) is 2.14. The molecule has 0 radical (unpaired) electrons. The third kappa shape index (κ3) is 2.85. The second kappa shape index (κ2) is 5.29. The predicted molar refractivity (Wildman–Crippen MR) is 68.1 cm³/mol. The van der Waals surface area contributed by atoms with Crippen LogP contribution in [0.25, 0.3) is 0 Å². The minimum atomic E-state index is -0.993. The molecule has 2 rings (SSSR count). The van der Waals surface area contributed by atoms with Crippen molar-refractivity contribution < 1.29 is 14.7 Å². The number of carbonyl (C=O) groups excluding carboxylic acids is 1. The third-order valence-corrected chi connectivity index (χ3v) is 4.61. The fourth-order valence-corrected chi connectivity index (χ4v) is 2.92. The highest BCUT2D eigenvalue weighted by atomic mass is 16.4. The van der Waals surface area contributed by atoms with E-state index in [0.29, 0.717) is 31.1 Å². The minimum absolute atomic E-state index is 0.0725. The summed E-state index contributed by atoms with van der Waals surface area (Å²) in [5.74, 6) is 0.118. The first-order valence-electron chi connectivity index (χ1n) is 7.06. The van der Waals surface area contributed by atoms with Gasteiger partial charge in [0.05, 0.1) is 0 Å². The molecule has 2 aliphatic rings. The summed E-state index contributed by atoms with van der Waals surface area (Å²) in [7, 11) is 0. The highest BCUT2D eigenvalue weighted by molar-refractivity contribution is 5.87. The number of amides is 1. The normalized spacial score (nSPS) is 32.6. The zero-order chi connectivity index (χ0) is 13.2. The Morgan fingerprint density at radius 2 is 1.83 bits per heavy atom. The van der Waals surface area contributed by atoms with E-state index in [0.717, 1.165) is 25.7 Å². The molecule has 0 aromatic carbocycles. The van der Waals surface area contributed by atoms with Crippen molar-refractivity contribution in [2.75, 3.05) is 0 Å². The monoisotopic (exact) mass is 253 g/mol. The van der Waals surface area contributed by atoms with Crippen LogP contribution in [0.5, 0.6) is 0 Å². The lowest BCUT2D eigenvalue weighted by atomic mass is 9.76. The molecule has 0 aromatic rings. The molecule has 2 fully saturated rings. The van der Waals surface area contributed by atoms with Crippen LogP contribution in [0.3, 0.4) is 0 Å². The summed E-state index contributed by atoms with van der Waals surface area (Å²) in [6, 6.07) is 0. The molecule has 0 atom stereocenters. The first kappa shape index (κ1) is 13.4. The van der Waals surface area contributed by atoms with Crippen molar-refractivity contribution in [1.29, 1.82) is 0 Å². The number of hydrogen-bond acceptors (Lipinski definition) is 2. The Labute approximate surface area is 108 Å². The Bertz CT molecular complexity index is 328. The van der Waals surface area contributed by atoms with Crippen LogP contribution in [-0.4, -0.2) is 22.5 Å². The quantitative estimate of drug-likeness (QED) is 0.808. The minimum Gasteiger partial charge on any atom is -0.480 e. The molecule has 4 nitrogen and oxygen atoms in total. The summed E-state index contributed by atoms with van der Waals surface area (Å²) in [6.07, 6.45) is 6.85. The summed E-state index contributed by atoms with van der Waals surface area (Å²) in [5.41, 5.74) is -0.993. The van der Waals surface area contributed by atoms with Gasteiger partial charge in [-0.15, -0.1) is 0 Å². The van der Waals surface area contributed by atoms with Gasteiger partial charge in [0.1, 0.15) is 5.54 Å². The summed E-state index contributed by atoms with van der Waals surface area (Å²) in [4.78, 5) is 23.4. The van der Waals surface area contributed by atoms with Crippen molar-refractivity contribution in [3.63, 3.8) is 0 Å². The first-order chi connectivity index (χ1) is 8.52. The number of rotatable bonds is 4. The van der Waals surface area contributed by atoms with Gasteiger partial charge in [0.2, 0.25) is 5.91 Å². The summed E-state index contributed by atoms with van der Waals surface area (Å²) in [5, 5.41) is 12.2. The average molecular weight is 253 g/mol. The number of carbonyl (C=O) groups is 2. The first-order valence-corrected chi connectivity index (χ1v) is 7.06. The lowest BCUT2D eigenvalue weighted by molar-refractivity contribution is -0.150. The van der Waals surface area contributed by atoms with Crippen LogP contribution in [0.2, 0.25) is 0 Å². The predicted octanol–water partition coefficient (Wildman–Crippen LogP) is 2.33. The van der Waals surface area contributed by atoms with Crippen LogP contribution in [0.15, 0.2) is 0 Å². The topological polar surface area (TPSA) is 66.4 Å². The van der Waals surface area contributed by atoms with Crippen molar-refractivity contribution in [2.24, 2.45) is 11.8 Å². The van der Waals surface area contributed by atoms with E-state index < -0.39 is 11.5 Å². The van der Waals surface area contributed by atoms with E-state index >= 15 is 0 Å². The van der Waals surface area contributed by atoms with Crippen LogP contribution < -0.4 is 5.32 Å². The van der Waals surface area contributed by atoms with Crippen LogP contribution >= 0.6 is 0 Å². The Kier molecular flexibility index (Phi) is 3.93. The van der Waals surface area contributed by atoms with Gasteiger partial charge in [-0.2, -0.15) is 0 Å². The van der Waals surface area contributed by atoms with Crippen molar-refractivity contribution >= 4 is 11.9 Å². The molecular formula is C14H23NO3. The highest BCUT2D eigenvalue weighted by Gasteiger charge is 2.42. The fraction of sp³-hybridized carbons (Fsp3) is 0.857. The lowest BCUT2D eigenvalue weighted by Gasteiger charge is -2.37. The molecule has 0 aliphatic heterocycles. The van der Waals surface area contributed by atoms with Gasteiger partial charge in [0.15, 0.2) is 0 Å². The summed E-state index contributed by atoms with van der Waals surface area (Å²) < 4.78 is 0. The smallest absolute Gasteiger partial charge is 0.329 e. The molecule has 2 aliphatic carbocycles. The summed E-state index contributed by atoms with van der Waals surface area (Å²) >= 11 is 0. The standard InChI is InChI=1S/C14H23NO3/c1-10-5-7-14(8-6-10,13(17)18)15-12(16)9-11-3-2-4-11/h10-11H,2-9H2,1H3,(H,15,16)(H,17,18). The Morgan fingerprint density at radius 1 is 1.22 bits per heavy atom. The van der Waals surface area contributed by atoms with E-state index in [2.05, 4.69) is 12.2 Å². The van der Waals surface area contributed by atoms with Gasteiger partial charge in [-0.25, -0.2) is 4.79 Å². The van der Waals surface area contributed by atoms with Gasteiger partial charge in [0, 0.05) is 6.42 Å². The van der Waals surface area contributed by atoms with Crippen LogP contribution in [0, 0.1) is 11.8 Å². The van der Waals surface area contributed by atoms with E-state index in [4.69, 9.17) is 0 Å². The molecule has 4 heteroatoms. The van der Waals surface area contributed by atoms with E-state index in [-0.39, 0.29) is 5.91 Å². The zero-order valence-corrected chi connectivity index (χ0v) is 11.1. The largest absolute Gasteiger partial charge is 0.480 e. The van der Waals surface area contributed by atoms with E-state index in [1.54, 1.807) is 0 Å². The molecule has 102 valence electrons. The SMILES string of the molecule is CC1CCC(NC(=O)CC2CCC2)(C(=O)O)CC1. The number of carboxylic acid groups (broad SMARTS) is 1. The molecule has 2 saturated carbocycles. The van der Waals surface area contributed by atoms with Gasteiger partial charge in [0.25, 0.3) is 0 Å². The highest BCUT2D eigenvalue weighted by Crippen LogP contribution is 2.33. The Hall–Kier alpha value is -1.06. The lowest BCUT2D eigenvalue weighted by Crippen LogP contribution is -2.56. The Balaban J connectivity index is 1.92. The number of nitrogens with one attached hydrogen (secondary N) is 1. The second-order valence-corrected chi connectivity index (χ2v) is 6.12. The fourth-order valence-electron chi connectivity index (χ4n) is 2.92. The average Bonchev–Trinajstić information content (AvgIpc) is 2.27. The Morgan fingerprint density at radius 3 is 2.28 bits per heavy atom. The molecule has 0 spiro atoms. The molecule has 0 bridgehead atoms. The van der Waals surface area contributed by atoms with Crippen molar-refractivity contribution in [2.45, 2.75) is 63.8 Å². The molecule has 18 heavy (non-hydrogen) atoms. The molecule has 1 amide bonds. The zero-order valence-electron chi connectivity index (χ0n) is 11.1. The van der Waals surface area contributed by atoms with Gasteiger partial charge >= 0.3 is 5.97 Å². The van der Waals surface area contributed by atoms with Crippen LogP contribution in [0.4, 0.5) is 0 Å². The van der Waals surface area contributed by atoms with Crippen molar-refractivity contribution in [3.05, 3.63) is 0 Å². The maximum absolute atomic E-state index is 11.9. The van der Waals surface area contributed by atoms with E-state index in [1.807, 2.05) is 0 Å². The number of hydrogen-bond donors (Lipinski definition) is 2. The number of aliphatic carboxylic acids is 1. The second-order valence-electron chi connectivity index (χ2n) is 6.12.